The van der Waals surface area contributed by atoms with Crippen LogP contribution in [0.2, 0.25) is 0 Å². The molecule has 2 fully saturated rings. The van der Waals surface area contributed by atoms with E-state index in [0.717, 1.165) is 30.3 Å². The summed E-state index contributed by atoms with van der Waals surface area (Å²) in [7, 11) is -3.60. The predicted molar refractivity (Wildman–Crippen MR) is 89.4 cm³/mol. The van der Waals surface area contributed by atoms with Gasteiger partial charge in [0.15, 0.2) is 0 Å². The molecule has 0 spiro atoms. The molecule has 23 heavy (non-hydrogen) atoms. The second kappa shape index (κ2) is 5.26. The van der Waals surface area contributed by atoms with E-state index < -0.39 is 10.0 Å². The maximum atomic E-state index is 12.9. The molecule has 5 nitrogen and oxygen atoms in total. The zero-order chi connectivity index (χ0) is 16.2. The number of para-hydroxylation sites is 1. The number of hydrogen-bond acceptors (Lipinski definition) is 4. The van der Waals surface area contributed by atoms with Crippen molar-refractivity contribution in [3.8, 4) is 0 Å². The molecule has 2 bridgehead atoms. The highest BCUT2D eigenvalue weighted by Crippen LogP contribution is 2.44. The molecule has 2 aliphatic carbocycles. The maximum Gasteiger partial charge on any atom is 0.242 e. The Kier molecular flexibility index (Phi) is 3.44. The molecule has 0 unspecified atom stereocenters. The molecule has 1 heterocycles. The Morgan fingerprint density at radius 3 is 2.74 bits per heavy atom. The van der Waals surface area contributed by atoms with Crippen LogP contribution in [0.25, 0.3) is 10.9 Å². The SMILES string of the molecule is Cc1ccc2cccc(S(=O)(=O)N[C@@H]3C[C@H]4C[C@@H]3[C@@H](N)C4)c2n1. The van der Waals surface area contributed by atoms with Crippen LogP contribution in [-0.4, -0.2) is 25.5 Å². The van der Waals surface area contributed by atoms with Crippen LogP contribution in [0.3, 0.4) is 0 Å². The van der Waals surface area contributed by atoms with Crippen LogP contribution in [0.5, 0.6) is 0 Å². The third-order valence-corrected chi connectivity index (χ3v) is 6.81. The fourth-order valence-electron chi connectivity index (χ4n) is 4.24. The molecule has 1 aromatic heterocycles. The number of rotatable bonds is 3. The van der Waals surface area contributed by atoms with E-state index in [9.17, 15) is 8.42 Å². The minimum atomic E-state index is -3.60. The zero-order valence-corrected chi connectivity index (χ0v) is 13.9. The van der Waals surface area contributed by atoms with E-state index in [2.05, 4.69) is 9.71 Å². The standard InChI is InChI=1S/C17H21N3O2S/c1-10-5-6-12-3-2-4-16(17(12)19-10)23(21,22)20-15-9-11-7-13(15)14(18)8-11/h2-6,11,13-15,20H,7-9,18H2,1H3/t11-,13+,14-,15+/m0/s1. The highest BCUT2D eigenvalue weighted by atomic mass is 32.2. The van der Waals surface area contributed by atoms with Gasteiger partial charge in [0.25, 0.3) is 0 Å². The first-order valence-electron chi connectivity index (χ1n) is 8.08. The average Bonchev–Trinajstić information content (AvgIpc) is 3.04. The van der Waals surface area contributed by atoms with Crippen molar-refractivity contribution in [2.75, 3.05) is 0 Å². The van der Waals surface area contributed by atoms with Gasteiger partial charge in [-0.1, -0.05) is 18.2 Å². The van der Waals surface area contributed by atoms with Gasteiger partial charge in [-0.15, -0.1) is 0 Å². The number of sulfonamides is 1. The summed E-state index contributed by atoms with van der Waals surface area (Å²) >= 11 is 0. The third kappa shape index (κ3) is 2.55. The number of nitrogens with zero attached hydrogens (tertiary/aromatic N) is 1. The number of aryl methyl sites for hydroxylation is 1. The quantitative estimate of drug-likeness (QED) is 0.900. The van der Waals surface area contributed by atoms with Gasteiger partial charge in [-0.3, -0.25) is 4.98 Å². The predicted octanol–water partition coefficient (Wildman–Crippen LogP) is 1.95. The van der Waals surface area contributed by atoms with Crippen LogP contribution < -0.4 is 10.5 Å². The summed E-state index contributed by atoms with van der Waals surface area (Å²) in [6, 6.07) is 9.15. The lowest BCUT2D eigenvalue weighted by atomic mass is 9.92. The fraction of sp³-hybridized carbons (Fsp3) is 0.471. The van der Waals surface area contributed by atoms with E-state index in [1.165, 1.54) is 0 Å². The molecule has 4 atom stereocenters. The van der Waals surface area contributed by atoms with E-state index in [-0.39, 0.29) is 22.9 Å². The summed E-state index contributed by atoms with van der Waals surface area (Å²) in [5.74, 6) is 0.829. The number of aromatic nitrogens is 1. The van der Waals surface area contributed by atoms with E-state index in [4.69, 9.17) is 5.73 Å². The van der Waals surface area contributed by atoms with E-state index in [1.807, 2.05) is 25.1 Å². The van der Waals surface area contributed by atoms with Crippen molar-refractivity contribution < 1.29 is 8.42 Å². The third-order valence-electron chi connectivity index (χ3n) is 5.28. The molecule has 122 valence electrons. The Labute approximate surface area is 136 Å². The monoisotopic (exact) mass is 331 g/mol. The number of benzene rings is 1. The Morgan fingerprint density at radius 1 is 1.17 bits per heavy atom. The summed E-state index contributed by atoms with van der Waals surface area (Å²) in [5.41, 5.74) is 7.47. The van der Waals surface area contributed by atoms with Gasteiger partial charge >= 0.3 is 0 Å². The highest BCUT2D eigenvalue weighted by Gasteiger charge is 2.46. The van der Waals surface area contributed by atoms with E-state index in [0.29, 0.717) is 11.4 Å². The fourth-order valence-corrected chi connectivity index (χ4v) is 5.71. The topological polar surface area (TPSA) is 85.1 Å². The zero-order valence-electron chi connectivity index (χ0n) is 13.1. The van der Waals surface area contributed by atoms with Crippen molar-refractivity contribution in [3.63, 3.8) is 0 Å². The van der Waals surface area contributed by atoms with E-state index >= 15 is 0 Å². The Balaban J connectivity index is 1.71. The molecule has 4 rings (SSSR count). The molecule has 1 aromatic carbocycles. The average molecular weight is 331 g/mol. The maximum absolute atomic E-state index is 12.9. The van der Waals surface area contributed by atoms with Crippen LogP contribution in [0.4, 0.5) is 0 Å². The minimum Gasteiger partial charge on any atom is -0.327 e. The van der Waals surface area contributed by atoms with Crippen LogP contribution in [-0.2, 0) is 10.0 Å². The van der Waals surface area contributed by atoms with Gasteiger partial charge < -0.3 is 5.73 Å². The van der Waals surface area contributed by atoms with Gasteiger partial charge in [0.1, 0.15) is 4.90 Å². The first-order valence-corrected chi connectivity index (χ1v) is 9.56. The Bertz CT molecular complexity index is 865. The van der Waals surface area contributed by atoms with Crippen LogP contribution >= 0.6 is 0 Å². The summed E-state index contributed by atoms with van der Waals surface area (Å²) in [6.45, 7) is 1.87. The first kappa shape index (κ1) is 15.1. The molecule has 6 heteroatoms. The lowest BCUT2D eigenvalue weighted by Gasteiger charge is -2.27. The molecule has 2 aromatic rings. The summed E-state index contributed by atoms with van der Waals surface area (Å²) in [5, 5.41) is 0.836. The smallest absolute Gasteiger partial charge is 0.242 e. The molecule has 0 amide bonds. The van der Waals surface area contributed by atoms with Crippen LogP contribution in [0.15, 0.2) is 35.2 Å². The van der Waals surface area contributed by atoms with Crippen LogP contribution in [0.1, 0.15) is 25.0 Å². The van der Waals surface area contributed by atoms with Gasteiger partial charge in [0, 0.05) is 23.2 Å². The summed E-state index contributed by atoms with van der Waals surface area (Å²) < 4.78 is 28.7. The van der Waals surface area contributed by atoms with Gasteiger partial charge in [0.2, 0.25) is 10.0 Å². The molecule has 0 aliphatic heterocycles. The molecular weight excluding hydrogens is 310 g/mol. The van der Waals surface area contributed by atoms with Crippen molar-refractivity contribution >= 4 is 20.9 Å². The largest absolute Gasteiger partial charge is 0.327 e. The van der Waals surface area contributed by atoms with Gasteiger partial charge in [-0.25, -0.2) is 13.1 Å². The van der Waals surface area contributed by atoms with Crippen molar-refractivity contribution in [1.29, 1.82) is 0 Å². The van der Waals surface area contributed by atoms with Gasteiger partial charge in [0.05, 0.1) is 5.52 Å². The molecule has 0 saturated heterocycles. The normalized spacial score (nSPS) is 30.2. The summed E-state index contributed by atoms with van der Waals surface area (Å²) in [4.78, 5) is 4.69. The Hall–Kier alpha value is -1.50. The molecule has 2 aliphatic rings. The van der Waals surface area contributed by atoms with Crippen molar-refractivity contribution in [3.05, 3.63) is 36.0 Å². The van der Waals surface area contributed by atoms with Gasteiger partial charge in [-0.05, 0) is 50.2 Å². The van der Waals surface area contributed by atoms with Gasteiger partial charge in [-0.2, -0.15) is 0 Å². The molecule has 3 N–H and O–H groups in total. The van der Waals surface area contributed by atoms with Crippen LogP contribution in [0, 0.1) is 18.8 Å². The number of fused-ring (bicyclic) bond motifs is 3. The number of hydrogen-bond donors (Lipinski definition) is 2. The number of pyridine rings is 1. The molecule has 0 radical (unpaired) electrons. The number of nitrogens with two attached hydrogens (primary N) is 1. The Morgan fingerprint density at radius 2 is 2.00 bits per heavy atom. The lowest BCUT2D eigenvalue weighted by Crippen LogP contribution is -2.45. The molecular formula is C17H21N3O2S. The number of nitrogens with one attached hydrogen (secondary N) is 1. The van der Waals surface area contributed by atoms with Crippen molar-refractivity contribution in [2.45, 2.75) is 43.2 Å². The lowest BCUT2D eigenvalue weighted by molar-refractivity contribution is 0.347. The van der Waals surface area contributed by atoms with Crippen molar-refractivity contribution in [2.24, 2.45) is 17.6 Å². The van der Waals surface area contributed by atoms with Crippen molar-refractivity contribution in [1.82, 2.24) is 9.71 Å². The van der Waals surface area contributed by atoms with E-state index in [1.54, 1.807) is 12.1 Å². The second-order valence-corrected chi connectivity index (χ2v) is 8.59. The first-order chi connectivity index (χ1) is 10.9. The second-order valence-electron chi connectivity index (χ2n) is 6.91. The minimum absolute atomic E-state index is 0.0474. The molecule has 2 saturated carbocycles. The summed E-state index contributed by atoms with van der Waals surface area (Å²) in [6.07, 6.45) is 2.97. The highest BCUT2D eigenvalue weighted by molar-refractivity contribution is 7.89.